The van der Waals surface area contributed by atoms with E-state index in [1.54, 1.807) is 48.5 Å². The quantitative estimate of drug-likeness (QED) is 0.228. The maximum absolute atomic E-state index is 12.7. The molecule has 7 nitrogen and oxygen atoms in total. The predicted molar refractivity (Wildman–Crippen MR) is 130 cm³/mol. The fourth-order valence-corrected chi connectivity index (χ4v) is 3.42. The molecule has 0 saturated heterocycles. The Morgan fingerprint density at radius 2 is 1.31 bits per heavy atom. The molecule has 0 radical (unpaired) electrons. The predicted octanol–water partition coefficient (Wildman–Crippen LogP) is 4.74. The molecule has 4 aromatic rings. The molecule has 0 fully saturated rings. The van der Waals surface area contributed by atoms with Crippen molar-refractivity contribution < 1.29 is 28.4 Å². The van der Waals surface area contributed by atoms with Gasteiger partial charge in [-0.2, -0.15) is 0 Å². The highest BCUT2D eigenvalue weighted by Gasteiger charge is 2.16. The van der Waals surface area contributed by atoms with Crippen molar-refractivity contribution in [3.63, 3.8) is 0 Å². The second-order valence-electron chi connectivity index (χ2n) is 8.18. The summed E-state index contributed by atoms with van der Waals surface area (Å²) in [5.41, 5.74) is 3.38. The molecule has 4 rings (SSSR count). The minimum Gasteiger partial charge on any atom is -0.489 e. The van der Waals surface area contributed by atoms with E-state index in [1.165, 1.54) is 0 Å². The van der Waals surface area contributed by atoms with Gasteiger partial charge in [-0.05, 0) is 80.4 Å². The van der Waals surface area contributed by atoms with Crippen LogP contribution in [0, 0.1) is 20.8 Å². The number of esters is 2. The van der Waals surface area contributed by atoms with E-state index in [0.29, 0.717) is 41.5 Å². The van der Waals surface area contributed by atoms with Gasteiger partial charge in [-0.25, -0.2) is 14.2 Å². The van der Waals surface area contributed by atoms with Crippen LogP contribution in [0.2, 0.25) is 0 Å². The summed E-state index contributed by atoms with van der Waals surface area (Å²) >= 11 is 0. The lowest BCUT2D eigenvalue weighted by atomic mass is 10.1. The molecule has 35 heavy (non-hydrogen) atoms. The fraction of sp³-hybridized carbons (Fsp3) is 0.179. The van der Waals surface area contributed by atoms with Crippen LogP contribution in [0.3, 0.4) is 0 Å². The number of carbonyl (C=O) groups is 2. The lowest BCUT2D eigenvalue weighted by Gasteiger charge is -2.14. The van der Waals surface area contributed by atoms with Crippen LogP contribution in [0.5, 0.6) is 17.2 Å². The maximum atomic E-state index is 12.7. The Morgan fingerprint density at radius 3 is 1.83 bits per heavy atom. The number of benzene rings is 3. The van der Waals surface area contributed by atoms with Gasteiger partial charge < -0.3 is 14.2 Å². The van der Waals surface area contributed by atoms with Crippen LogP contribution in [0.1, 0.15) is 37.4 Å². The average Bonchev–Trinajstić information content (AvgIpc) is 3.38. The fourth-order valence-electron chi connectivity index (χ4n) is 3.42. The van der Waals surface area contributed by atoms with Crippen molar-refractivity contribution in [2.75, 3.05) is 6.61 Å². The van der Waals surface area contributed by atoms with Gasteiger partial charge in [0.2, 0.25) is 6.33 Å². The number of nitrogens with one attached hydrogen (secondary N) is 1. The minimum atomic E-state index is -0.480. The standard InChI is InChI=1S/C28H26N2O5/c1-19-4-6-22(7-5-19)27(31)34-25-12-13-26(21(3)20(25)2)35-28(32)23-8-10-24(11-9-23)33-17-16-30-15-14-29-18-30/h4-15,18H,16-17H2,1-3H3/p+1. The van der Waals surface area contributed by atoms with E-state index in [9.17, 15) is 9.59 Å². The molecule has 0 aliphatic heterocycles. The third-order valence-corrected chi connectivity index (χ3v) is 5.69. The minimum absolute atomic E-state index is 0.407. The van der Waals surface area contributed by atoms with Gasteiger partial charge in [-0.3, -0.25) is 4.98 Å². The van der Waals surface area contributed by atoms with Crippen LogP contribution in [-0.2, 0) is 6.54 Å². The number of hydrogen-bond donors (Lipinski definition) is 1. The molecule has 0 atom stereocenters. The number of ether oxygens (including phenoxy) is 3. The molecule has 0 aliphatic rings. The van der Waals surface area contributed by atoms with Crippen molar-refractivity contribution in [3.05, 3.63) is 107 Å². The first-order chi connectivity index (χ1) is 16.9. The number of aromatic amines is 1. The Kier molecular flexibility index (Phi) is 7.26. The summed E-state index contributed by atoms with van der Waals surface area (Å²) in [5.74, 6) is 0.584. The van der Waals surface area contributed by atoms with E-state index in [0.717, 1.165) is 16.7 Å². The zero-order valence-corrected chi connectivity index (χ0v) is 19.9. The van der Waals surface area contributed by atoms with Crippen molar-refractivity contribution in [2.45, 2.75) is 27.3 Å². The molecule has 0 bridgehead atoms. The van der Waals surface area contributed by atoms with Crippen molar-refractivity contribution in [1.29, 1.82) is 0 Å². The number of rotatable bonds is 8. The van der Waals surface area contributed by atoms with Crippen LogP contribution in [0.4, 0.5) is 0 Å². The van der Waals surface area contributed by atoms with Gasteiger partial charge >= 0.3 is 11.9 Å². The number of carbonyl (C=O) groups excluding carboxylic acids is 2. The van der Waals surface area contributed by atoms with Crippen molar-refractivity contribution >= 4 is 11.9 Å². The molecule has 0 amide bonds. The van der Waals surface area contributed by atoms with Crippen molar-refractivity contribution in [2.24, 2.45) is 0 Å². The molecular formula is C28H27N2O5+. The average molecular weight is 472 g/mol. The first-order valence-corrected chi connectivity index (χ1v) is 11.3. The van der Waals surface area contributed by atoms with Gasteiger partial charge in [-0.1, -0.05) is 17.7 Å². The highest BCUT2D eigenvalue weighted by Crippen LogP contribution is 2.30. The van der Waals surface area contributed by atoms with Gasteiger partial charge in [-0.15, -0.1) is 0 Å². The largest absolute Gasteiger partial charge is 0.489 e. The summed E-state index contributed by atoms with van der Waals surface area (Å²) in [6.07, 6.45) is 5.62. The van der Waals surface area contributed by atoms with Crippen molar-refractivity contribution in [1.82, 2.24) is 4.98 Å². The molecule has 3 aromatic carbocycles. The van der Waals surface area contributed by atoms with E-state index < -0.39 is 11.9 Å². The van der Waals surface area contributed by atoms with Crippen LogP contribution >= 0.6 is 0 Å². The monoisotopic (exact) mass is 471 g/mol. The third kappa shape index (κ3) is 5.95. The topological polar surface area (TPSA) is 81.5 Å². The van der Waals surface area contributed by atoms with Crippen LogP contribution in [-0.4, -0.2) is 23.5 Å². The summed E-state index contributed by atoms with van der Waals surface area (Å²) in [5, 5.41) is 0. The summed E-state index contributed by atoms with van der Waals surface area (Å²) in [6.45, 7) is 6.81. The molecule has 0 aliphatic carbocycles. The van der Waals surface area contributed by atoms with Gasteiger partial charge in [0, 0.05) is 0 Å². The van der Waals surface area contributed by atoms with E-state index in [4.69, 9.17) is 14.2 Å². The maximum Gasteiger partial charge on any atom is 0.343 e. The van der Waals surface area contributed by atoms with Crippen LogP contribution in [0.25, 0.3) is 0 Å². The Balaban J connectivity index is 1.36. The zero-order valence-electron chi connectivity index (χ0n) is 19.9. The second-order valence-corrected chi connectivity index (χ2v) is 8.18. The highest BCUT2D eigenvalue weighted by molar-refractivity contribution is 5.92. The molecule has 1 N–H and O–H groups in total. The van der Waals surface area contributed by atoms with Crippen LogP contribution < -0.4 is 18.8 Å². The number of hydrogen-bond acceptors (Lipinski definition) is 5. The zero-order chi connectivity index (χ0) is 24.8. The number of nitrogens with zero attached hydrogens (tertiary/aromatic N) is 1. The number of imidazole rings is 1. The van der Waals surface area contributed by atoms with Crippen LogP contribution in [0.15, 0.2) is 79.4 Å². The molecule has 0 unspecified atom stereocenters. The smallest absolute Gasteiger partial charge is 0.343 e. The van der Waals surface area contributed by atoms with Gasteiger partial charge in [0.15, 0.2) is 0 Å². The van der Waals surface area contributed by atoms with E-state index in [1.807, 2.05) is 56.2 Å². The first kappa shape index (κ1) is 23.8. The van der Waals surface area contributed by atoms with E-state index >= 15 is 0 Å². The molecule has 7 heteroatoms. The third-order valence-electron chi connectivity index (χ3n) is 5.69. The molecule has 1 aromatic heterocycles. The first-order valence-electron chi connectivity index (χ1n) is 11.3. The summed E-state index contributed by atoms with van der Waals surface area (Å²) in [6, 6.07) is 17.3. The lowest BCUT2D eigenvalue weighted by molar-refractivity contribution is -0.696. The van der Waals surface area contributed by atoms with Gasteiger partial charge in [0.05, 0.1) is 11.1 Å². The summed E-state index contributed by atoms with van der Waals surface area (Å²) < 4.78 is 18.9. The molecule has 0 spiro atoms. The Hall–Kier alpha value is -4.39. The normalized spacial score (nSPS) is 10.6. The molecule has 0 saturated carbocycles. The number of H-pyrrole nitrogens is 1. The van der Waals surface area contributed by atoms with Crippen molar-refractivity contribution in [3.8, 4) is 17.2 Å². The lowest BCUT2D eigenvalue weighted by Crippen LogP contribution is -2.33. The Bertz CT molecular complexity index is 1310. The number of aromatic nitrogens is 2. The highest BCUT2D eigenvalue weighted by atomic mass is 16.5. The SMILES string of the molecule is Cc1ccc(C(=O)Oc2ccc(OC(=O)c3ccc(OCC[n+]4cc[nH]c4)cc3)c(C)c2C)cc1. The van der Waals surface area contributed by atoms with E-state index in [-0.39, 0.29) is 0 Å². The number of aryl methyl sites for hydroxylation is 1. The summed E-state index contributed by atoms with van der Waals surface area (Å²) in [7, 11) is 0. The molecular weight excluding hydrogens is 444 g/mol. The van der Waals surface area contributed by atoms with E-state index in [2.05, 4.69) is 4.98 Å². The Morgan fingerprint density at radius 1 is 0.771 bits per heavy atom. The van der Waals surface area contributed by atoms with Gasteiger partial charge in [0.25, 0.3) is 0 Å². The second kappa shape index (κ2) is 10.7. The van der Waals surface area contributed by atoms with Gasteiger partial charge in [0.1, 0.15) is 42.8 Å². The molecule has 178 valence electrons. The summed E-state index contributed by atoms with van der Waals surface area (Å²) in [4.78, 5) is 28.1. The Labute approximate surface area is 203 Å². The molecule has 1 heterocycles.